The van der Waals surface area contributed by atoms with Gasteiger partial charge in [0.2, 0.25) is 0 Å². The highest BCUT2D eigenvalue weighted by Gasteiger charge is 2.48. The maximum atomic E-state index is 13.3. The molecule has 0 aromatic heterocycles. The van der Waals surface area contributed by atoms with E-state index in [2.05, 4.69) is 0 Å². The van der Waals surface area contributed by atoms with E-state index in [-0.39, 0.29) is 11.8 Å². The topological polar surface area (TPSA) is 0 Å². The summed E-state index contributed by atoms with van der Waals surface area (Å²) >= 11 is -0.0566. The van der Waals surface area contributed by atoms with Gasteiger partial charge < -0.3 is 0 Å². The minimum atomic E-state index is -4.72. The molecule has 0 radical (unpaired) electrons. The zero-order chi connectivity index (χ0) is 18.5. The van der Waals surface area contributed by atoms with E-state index in [4.69, 9.17) is 0 Å². The third-order valence-electron chi connectivity index (χ3n) is 3.59. The standard InChI is InChI=1S/C18H16F6S/c19-17(20,21)15(11-13-7-3-1-4-8-13)25-16(18(22,23)24)12-14-9-5-2-6-10-14/h1-10,15-16H,11-12H2/t15-,16-/m0/s1. The van der Waals surface area contributed by atoms with Crippen LogP contribution in [0.1, 0.15) is 11.1 Å². The lowest BCUT2D eigenvalue weighted by Gasteiger charge is -2.27. The number of halogens is 6. The van der Waals surface area contributed by atoms with Crippen molar-refractivity contribution in [3.05, 3.63) is 71.8 Å². The summed E-state index contributed by atoms with van der Waals surface area (Å²) < 4.78 is 79.8. The Morgan fingerprint density at radius 3 is 1.20 bits per heavy atom. The molecule has 25 heavy (non-hydrogen) atoms. The lowest BCUT2D eigenvalue weighted by atomic mass is 10.1. The zero-order valence-electron chi connectivity index (χ0n) is 13.0. The van der Waals surface area contributed by atoms with Gasteiger partial charge in [0.15, 0.2) is 0 Å². The number of rotatable bonds is 6. The lowest BCUT2D eigenvalue weighted by Crippen LogP contribution is -2.36. The molecular weight excluding hydrogens is 362 g/mol. The number of alkyl halides is 6. The molecule has 0 amide bonds. The van der Waals surface area contributed by atoms with Gasteiger partial charge in [-0.15, -0.1) is 11.8 Å². The molecule has 0 spiro atoms. The van der Waals surface area contributed by atoms with E-state index in [9.17, 15) is 26.3 Å². The predicted octanol–water partition coefficient (Wildman–Crippen LogP) is 6.07. The van der Waals surface area contributed by atoms with Crippen LogP contribution < -0.4 is 0 Å². The van der Waals surface area contributed by atoms with Gasteiger partial charge in [0, 0.05) is 0 Å². The fourth-order valence-corrected chi connectivity index (χ4v) is 3.62. The van der Waals surface area contributed by atoms with Crippen LogP contribution >= 0.6 is 11.8 Å². The molecule has 2 rings (SSSR count). The first-order chi connectivity index (χ1) is 11.7. The van der Waals surface area contributed by atoms with Crippen LogP contribution in [-0.4, -0.2) is 22.9 Å². The highest BCUT2D eigenvalue weighted by Crippen LogP contribution is 2.42. The second-order valence-electron chi connectivity index (χ2n) is 5.58. The largest absolute Gasteiger partial charge is 0.400 e. The van der Waals surface area contributed by atoms with Gasteiger partial charge in [-0.25, -0.2) is 0 Å². The fraction of sp³-hybridized carbons (Fsp3) is 0.333. The van der Waals surface area contributed by atoms with Crippen molar-refractivity contribution in [1.82, 2.24) is 0 Å². The van der Waals surface area contributed by atoms with Gasteiger partial charge in [-0.1, -0.05) is 60.7 Å². The number of hydrogen-bond donors (Lipinski definition) is 0. The summed E-state index contributed by atoms with van der Waals surface area (Å²) in [4.78, 5) is 0. The van der Waals surface area contributed by atoms with Crippen LogP contribution in [0.3, 0.4) is 0 Å². The van der Waals surface area contributed by atoms with Crippen LogP contribution in [-0.2, 0) is 12.8 Å². The molecule has 0 aliphatic carbocycles. The summed E-state index contributed by atoms with van der Waals surface area (Å²) in [5.74, 6) is 0. The van der Waals surface area contributed by atoms with Crippen molar-refractivity contribution in [3.8, 4) is 0 Å². The highest BCUT2D eigenvalue weighted by atomic mass is 32.2. The van der Waals surface area contributed by atoms with Crippen molar-refractivity contribution in [2.24, 2.45) is 0 Å². The monoisotopic (exact) mass is 378 g/mol. The van der Waals surface area contributed by atoms with Crippen LogP contribution in [0.4, 0.5) is 26.3 Å². The minimum Gasteiger partial charge on any atom is -0.170 e. The fourth-order valence-electron chi connectivity index (χ4n) is 2.34. The van der Waals surface area contributed by atoms with E-state index in [1.165, 1.54) is 24.3 Å². The summed E-state index contributed by atoms with van der Waals surface area (Å²) in [5, 5.41) is -4.24. The van der Waals surface area contributed by atoms with Gasteiger partial charge >= 0.3 is 12.4 Å². The average Bonchev–Trinajstić information content (AvgIpc) is 2.53. The molecule has 0 bridgehead atoms. The summed E-state index contributed by atoms with van der Waals surface area (Å²) in [6.45, 7) is 0. The highest BCUT2D eigenvalue weighted by molar-refractivity contribution is 8.00. The van der Waals surface area contributed by atoms with E-state index >= 15 is 0 Å². The molecule has 0 saturated carbocycles. The van der Waals surface area contributed by atoms with E-state index in [0.717, 1.165) is 0 Å². The molecule has 0 N–H and O–H groups in total. The van der Waals surface area contributed by atoms with Crippen LogP contribution in [0.25, 0.3) is 0 Å². The van der Waals surface area contributed by atoms with Crippen LogP contribution in [0.15, 0.2) is 60.7 Å². The smallest absolute Gasteiger partial charge is 0.170 e. The van der Waals surface area contributed by atoms with Crippen molar-refractivity contribution in [1.29, 1.82) is 0 Å². The van der Waals surface area contributed by atoms with Crippen molar-refractivity contribution >= 4 is 11.8 Å². The van der Waals surface area contributed by atoms with Crippen molar-refractivity contribution in [3.63, 3.8) is 0 Å². The Balaban J connectivity index is 2.20. The van der Waals surface area contributed by atoms with Gasteiger partial charge in [-0.05, 0) is 24.0 Å². The Kier molecular flexibility index (Phi) is 6.43. The molecule has 2 aromatic rings. The number of hydrogen-bond acceptors (Lipinski definition) is 1. The number of thioether (sulfide) groups is 1. The summed E-state index contributed by atoms with van der Waals surface area (Å²) in [7, 11) is 0. The maximum absolute atomic E-state index is 13.3. The average molecular weight is 378 g/mol. The van der Waals surface area contributed by atoms with Crippen molar-refractivity contribution < 1.29 is 26.3 Å². The first-order valence-corrected chi connectivity index (χ1v) is 8.47. The Bertz CT molecular complexity index is 579. The molecule has 0 unspecified atom stereocenters. The molecule has 2 aromatic carbocycles. The summed E-state index contributed by atoms with van der Waals surface area (Å²) in [5.41, 5.74) is 0.718. The zero-order valence-corrected chi connectivity index (χ0v) is 13.8. The first kappa shape index (κ1) is 19.7. The third-order valence-corrected chi connectivity index (χ3v) is 5.11. The third kappa shape index (κ3) is 6.30. The number of benzene rings is 2. The second kappa shape index (κ2) is 8.17. The van der Waals surface area contributed by atoms with Crippen molar-refractivity contribution in [2.75, 3.05) is 0 Å². The lowest BCUT2D eigenvalue weighted by molar-refractivity contribution is -0.135. The van der Waals surface area contributed by atoms with Crippen molar-refractivity contribution in [2.45, 2.75) is 35.7 Å². The molecule has 0 saturated heterocycles. The van der Waals surface area contributed by atoms with E-state index in [1.807, 2.05) is 0 Å². The summed E-state index contributed by atoms with van der Waals surface area (Å²) in [6, 6.07) is 15.5. The SMILES string of the molecule is FC(F)(F)[C@H](Cc1ccccc1)S[C@@H](Cc1ccccc1)C(F)(F)F. The van der Waals surface area contributed by atoms with E-state index < -0.39 is 35.7 Å². The van der Waals surface area contributed by atoms with Crippen LogP contribution in [0, 0.1) is 0 Å². The molecule has 0 nitrogen and oxygen atoms in total. The van der Waals surface area contributed by atoms with Crippen LogP contribution in [0.2, 0.25) is 0 Å². The summed E-state index contributed by atoms with van der Waals surface area (Å²) in [6.07, 6.45) is -10.4. The molecular formula is C18H16F6S. The quantitative estimate of drug-likeness (QED) is 0.550. The molecule has 0 heterocycles. The van der Waals surface area contributed by atoms with Gasteiger partial charge in [0.1, 0.15) is 10.5 Å². The normalized spacial score (nSPS) is 15.0. The molecule has 2 atom stereocenters. The predicted molar refractivity (Wildman–Crippen MR) is 87.6 cm³/mol. The Morgan fingerprint density at radius 2 is 0.920 bits per heavy atom. The van der Waals surface area contributed by atoms with Gasteiger partial charge in [-0.3, -0.25) is 0 Å². The van der Waals surface area contributed by atoms with Crippen LogP contribution in [0.5, 0.6) is 0 Å². The molecule has 136 valence electrons. The van der Waals surface area contributed by atoms with E-state index in [1.54, 1.807) is 36.4 Å². The Morgan fingerprint density at radius 1 is 0.600 bits per heavy atom. The molecule has 0 fully saturated rings. The van der Waals surface area contributed by atoms with Gasteiger partial charge in [-0.2, -0.15) is 26.3 Å². The molecule has 7 heteroatoms. The Labute approximate surface area is 146 Å². The van der Waals surface area contributed by atoms with E-state index in [0.29, 0.717) is 11.1 Å². The minimum absolute atomic E-state index is 0.0566. The maximum Gasteiger partial charge on any atom is 0.400 e. The van der Waals surface area contributed by atoms with Gasteiger partial charge in [0.05, 0.1) is 0 Å². The first-order valence-electron chi connectivity index (χ1n) is 7.53. The molecule has 0 aliphatic heterocycles. The Hall–Kier alpha value is -1.63. The molecule has 0 aliphatic rings. The second-order valence-corrected chi connectivity index (χ2v) is 6.99. The van der Waals surface area contributed by atoms with Gasteiger partial charge in [0.25, 0.3) is 0 Å².